The molecule has 1 amide bonds. The number of halogens is 5. The summed E-state index contributed by atoms with van der Waals surface area (Å²) in [5, 5.41) is 8.11. The minimum Gasteiger partial charge on any atom is -0.474 e. The molecule has 0 aromatic heterocycles. The third-order valence-corrected chi connectivity index (χ3v) is 2.06. The van der Waals surface area contributed by atoms with Crippen molar-refractivity contribution in [3.8, 4) is 5.75 Å². The molecule has 0 aliphatic carbocycles. The first-order valence-corrected chi connectivity index (χ1v) is 4.76. The molecule has 3 N–H and O–H groups in total. The Hall–Kier alpha value is -2.39. The summed E-state index contributed by atoms with van der Waals surface area (Å²) in [7, 11) is 0. The summed E-state index contributed by atoms with van der Waals surface area (Å²) in [6, 6.07) is 1.28. The van der Waals surface area contributed by atoms with Gasteiger partial charge in [-0.1, -0.05) is 0 Å². The number of carboxylic acid groups (broad SMARTS) is 1. The van der Waals surface area contributed by atoms with Crippen LogP contribution in [-0.2, 0) is 11.0 Å². The number of nitrogens with two attached hydrogens (primary N) is 1. The Labute approximate surface area is 107 Å². The van der Waals surface area contributed by atoms with Crippen LogP contribution in [0.3, 0.4) is 0 Å². The maximum Gasteiger partial charge on any atom is 0.501 e. The molecule has 1 aromatic carbocycles. The Bertz CT molecular complexity index is 555. The smallest absolute Gasteiger partial charge is 0.474 e. The number of amides is 1. The zero-order valence-electron chi connectivity index (χ0n) is 9.37. The quantitative estimate of drug-likeness (QED) is 0.830. The van der Waals surface area contributed by atoms with E-state index in [4.69, 9.17) is 10.8 Å². The average Bonchev–Trinajstić information content (AvgIpc) is 2.26. The van der Waals surface area contributed by atoms with Gasteiger partial charge in [0.05, 0.1) is 5.56 Å². The highest BCUT2D eigenvalue weighted by Crippen LogP contribution is 2.38. The topological polar surface area (TPSA) is 89.6 Å². The SMILES string of the molecule is NC(=O)c1ccc(OC(F)(F)C(=O)O)c(C(F)(F)F)c1. The van der Waals surface area contributed by atoms with Gasteiger partial charge in [-0.3, -0.25) is 4.79 Å². The van der Waals surface area contributed by atoms with E-state index in [0.29, 0.717) is 12.1 Å². The van der Waals surface area contributed by atoms with Gasteiger partial charge in [-0.2, -0.15) is 22.0 Å². The zero-order valence-corrected chi connectivity index (χ0v) is 9.37. The Kier molecular flexibility index (Phi) is 3.87. The Morgan fingerprint density at radius 1 is 1.15 bits per heavy atom. The fourth-order valence-corrected chi connectivity index (χ4v) is 1.18. The lowest BCUT2D eigenvalue weighted by Gasteiger charge is -2.18. The van der Waals surface area contributed by atoms with Crippen molar-refractivity contribution in [3.63, 3.8) is 0 Å². The van der Waals surface area contributed by atoms with Crippen molar-refractivity contribution in [2.24, 2.45) is 5.73 Å². The second kappa shape index (κ2) is 4.94. The molecule has 0 fully saturated rings. The molecular weight excluding hydrogens is 293 g/mol. The molecule has 0 radical (unpaired) electrons. The van der Waals surface area contributed by atoms with E-state index in [2.05, 4.69) is 4.74 Å². The molecule has 0 aliphatic rings. The second-order valence-electron chi connectivity index (χ2n) is 3.50. The van der Waals surface area contributed by atoms with E-state index in [9.17, 15) is 31.5 Å². The predicted octanol–water partition coefficient (Wildman–Crippen LogP) is 1.86. The van der Waals surface area contributed by atoms with Crippen LogP contribution in [0.5, 0.6) is 5.75 Å². The van der Waals surface area contributed by atoms with Gasteiger partial charge in [0.15, 0.2) is 0 Å². The van der Waals surface area contributed by atoms with Crippen molar-refractivity contribution < 1.29 is 41.4 Å². The predicted molar refractivity (Wildman–Crippen MR) is 53.2 cm³/mol. The van der Waals surface area contributed by atoms with E-state index < -0.39 is 41.0 Å². The molecule has 1 rings (SSSR count). The summed E-state index contributed by atoms with van der Waals surface area (Å²) >= 11 is 0. The fraction of sp³-hybridized carbons (Fsp3) is 0.200. The number of carbonyl (C=O) groups is 2. The van der Waals surface area contributed by atoms with E-state index in [0.717, 1.165) is 0 Å². The maximum atomic E-state index is 12.8. The molecular formula is C10H6F5NO4. The van der Waals surface area contributed by atoms with Crippen LogP contribution >= 0.6 is 0 Å². The Balaban J connectivity index is 3.33. The highest BCUT2D eigenvalue weighted by molar-refractivity contribution is 5.93. The number of aliphatic carboxylic acids is 1. The first-order valence-electron chi connectivity index (χ1n) is 4.76. The molecule has 5 nitrogen and oxygen atoms in total. The molecule has 0 saturated heterocycles. The van der Waals surface area contributed by atoms with Crippen molar-refractivity contribution in [2.45, 2.75) is 12.3 Å². The van der Waals surface area contributed by atoms with Gasteiger partial charge >= 0.3 is 18.3 Å². The van der Waals surface area contributed by atoms with Crippen LogP contribution in [0, 0.1) is 0 Å². The number of alkyl halides is 5. The van der Waals surface area contributed by atoms with Crippen molar-refractivity contribution in [3.05, 3.63) is 29.3 Å². The van der Waals surface area contributed by atoms with Gasteiger partial charge in [0.2, 0.25) is 5.91 Å². The van der Waals surface area contributed by atoms with Gasteiger partial charge in [0.1, 0.15) is 5.75 Å². The molecule has 0 saturated carbocycles. The molecule has 0 spiro atoms. The number of hydrogen-bond acceptors (Lipinski definition) is 3. The highest BCUT2D eigenvalue weighted by Gasteiger charge is 2.45. The van der Waals surface area contributed by atoms with Crippen LogP contribution in [0.4, 0.5) is 22.0 Å². The van der Waals surface area contributed by atoms with Crippen LogP contribution in [0.1, 0.15) is 15.9 Å². The first-order chi connectivity index (χ1) is 8.95. The molecule has 1 aromatic rings. The number of benzene rings is 1. The summed E-state index contributed by atoms with van der Waals surface area (Å²) in [4.78, 5) is 20.9. The normalized spacial score (nSPS) is 12.1. The molecule has 0 bridgehead atoms. The van der Waals surface area contributed by atoms with Crippen molar-refractivity contribution in [1.29, 1.82) is 0 Å². The average molecular weight is 299 g/mol. The first kappa shape index (κ1) is 15.7. The molecule has 20 heavy (non-hydrogen) atoms. The van der Waals surface area contributed by atoms with Crippen LogP contribution in [0.25, 0.3) is 0 Å². The van der Waals surface area contributed by atoms with Crippen molar-refractivity contribution >= 4 is 11.9 Å². The lowest BCUT2D eigenvalue weighted by atomic mass is 10.1. The number of rotatable bonds is 4. The number of hydrogen-bond donors (Lipinski definition) is 2. The maximum absolute atomic E-state index is 12.8. The fourth-order valence-electron chi connectivity index (χ4n) is 1.18. The van der Waals surface area contributed by atoms with Gasteiger partial charge in [-0.25, -0.2) is 4.79 Å². The van der Waals surface area contributed by atoms with E-state index in [1.165, 1.54) is 0 Å². The van der Waals surface area contributed by atoms with E-state index in [-0.39, 0.29) is 6.07 Å². The summed E-state index contributed by atoms with van der Waals surface area (Å²) in [6.45, 7) is 0. The lowest BCUT2D eigenvalue weighted by molar-refractivity contribution is -0.213. The molecule has 0 heterocycles. The zero-order chi connectivity index (χ0) is 15.7. The minimum atomic E-state index is -5.14. The highest BCUT2D eigenvalue weighted by atomic mass is 19.4. The summed E-state index contributed by atoms with van der Waals surface area (Å²) in [5.41, 5.74) is 2.43. The number of ether oxygens (including phenoxy) is 1. The lowest BCUT2D eigenvalue weighted by Crippen LogP contribution is -2.35. The van der Waals surface area contributed by atoms with E-state index >= 15 is 0 Å². The van der Waals surface area contributed by atoms with Crippen LogP contribution in [0.2, 0.25) is 0 Å². The van der Waals surface area contributed by atoms with Gasteiger partial charge < -0.3 is 15.6 Å². The summed E-state index contributed by atoms with van der Waals surface area (Å²) in [5.74, 6) is -5.41. The number of carboxylic acids is 1. The van der Waals surface area contributed by atoms with E-state index in [1.54, 1.807) is 0 Å². The third kappa shape index (κ3) is 3.33. The van der Waals surface area contributed by atoms with Gasteiger partial charge in [0, 0.05) is 5.56 Å². The standard InChI is InChI=1S/C10H6F5NO4/c11-9(12,13)5-3-4(7(16)17)1-2-6(5)20-10(14,15)8(18)19/h1-3H,(H2,16,17)(H,18,19). The largest absolute Gasteiger partial charge is 0.501 e. The molecule has 0 atom stereocenters. The second-order valence-corrected chi connectivity index (χ2v) is 3.50. The van der Waals surface area contributed by atoms with Crippen LogP contribution in [0.15, 0.2) is 18.2 Å². The Morgan fingerprint density at radius 3 is 2.10 bits per heavy atom. The molecule has 110 valence electrons. The summed E-state index contributed by atoms with van der Waals surface area (Å²) in [6.07, 6.45) is -10.00. The van der Waals surface area contributed by atoms with Gasteiger partial charge in [0.25, 0.3) is 0 Å². The monoisotopic (exact) mass is 299 g/mol. The number of primary amides is 1. The van der Waals surface area contributed by atoms with E-state index in [1.807, 2.05) is 0 Å². The van der Waals surface area contributed by atoms with Crippen LogP contribution in [-0.4, -0.2) is 23.1 Å². The van der Waals surface area contributed by atoms with Crippen molar-refractivity contribution in [2.75, 3.05) is 0 Å². The molecule has 10 heteroatoms. The molecule has 0 aliphatic heterocycles. The molecule has 0 unspecified atom stereocenters. The van der Waals surface area contributed by atoms with Gasteiger partial charge in [-0.15, -0.1) is 0 Å². The third-order valence-electron chi connectivity index (χ3n) is 2.06. The summed E-state index contributed by atoms with van der Waals surface area (Å²) < 4.78 is 67.0. The minimum absolute atomic E-state index is 0.190. The number of carbonyl (C=O) groups excluding carboxylic acids is 1. The van der Waals surface area contributed by atoms with Gasteiger partial charge in [-0.05, 0) is 18.2 Å². The van der Waals surface area contributed by atoms with Crippen LogP contribution < -0.4 is 10.5 Å². The Morgan fingerprint density at radius 2 is 1.70 bits per heavy atom. The van der Waals surface area contributed by atoms with Crippen molar-refractivity contribution in [1.82, 2.24) is 0 Å².